The predicted octanol–water partition coefficient (Wildman–Crippen LogP) is 3.49. The van der Waals surface area contributed by atoms with Gasteiger partial charge < -0.3 is 9.84 Å². The van der Waals surface area contributed by atoms with Gasteiger partial charge in [-0.2, -0.15) is 4.37 Å². The van der Waals surface area contributed by atoms with E-state index in [0.29, 0.717) is 6.61 Å². The van der Waals surface area contributed by atoms with E-state index in [2.05, 4.69) is 9.36 Å². The number of rotatable bonds is 3. The van der Waals surface area contributed by atoms with Crippen molar-refractivity contribution < 1.29 is 9.84 Å². The minimum atomic E-state index is -0.544. The van der Waals surface area contributed by atoms with Gasteiger partial charge in [0.05, 0.1) is 18.4 Å². The number of ether oxygens (including phenoxy) is 1. The first kappa shape index (κ1) is 14.4. The zero-order valence-electron chi connectivity index (χ0n) is 12.4. The second kappa shape index (κ2) is 6.10. The number of hydrogen-bond donors (Lipinski definition) is 1. The van der Waals surface area contributed by atoms with E-state index in [1.165, 1.54) is 11.5 Å². The summed E-state index contributed by atoms with van der Waals surface area (Å²) in [6, 6.07) is 11.8. The molecule has 4 rings (SSSR count). The maximum Gasteiger partial charge on any atom is 0.125 e. The van der Waals surface area contributed by atoms with E-state index in [9.17, 15) is 5.11 Å². The van der Waals surface area contributed by atoms with Crippen molar-refractivity contribution >= 4 is 11.5 Å². The summed E-state index contributed by atoms with van der Waals surface area (Å²) in [5.41, 5.74) is 3.89. The fourth-order valence-corrected chi connectivity index (χ4v) is 3.50. The molecule has 0 saturated heterocycles. The topological polar surface area (TPSA) is 55.2 Å². The number of aliphatic hydroxyl groups excluding tert-OH is 1. The van der Waals surface area contributed by atoms with Crippen LogP contribution in [0.25, 0.3) is 11.3 Å². The van der Waals surface area contributed by atoms with Gasteiger partial charge in [0, 0.05) is 34.8 Å². The maximum atomic E-state index is 10.8. The molecule has 3 heterocycles. The molecule has 4 nitrogen and oxygen atoms in total. The Bertz CT molecular complexity index is 790. The van der Waals surface area contributed by atoms with Gasteiger partial charge in [0.15, 0.2) is 0 Å². The molecule has 3 aromatic rings. The van der Waals surface area contributed by atoms with Crippen LogP contribution in [0.5, 0.6) is 5.75 Å². The lowest BCUT2D eigenvalue weighted by Gasteiger charge is -2.30. The molecule has 1 aliphatic heterocycles. The van der Waals surface area contributed by atoms with Crippen LogP contribution in [0.2, 0.25) is 0 Å². The molecule has 2 atom stereocenters. The van der Waals surface area contributed by atoms with Crippen LogP contribution in [0.3, 0.4) is 0 Å². The number of pyridine rings is 1. The Labute approximate surface area is 138 Å². The van der Waals surface area contributed by atoms with E-state index >= 15 is 0 Å². The molecular formula is C18H16N2O2S. The molecule has 23 heavy (non-hydrogen) atoms. The SMILES string of the molecule is OC1c2cc(-c3ccsn3)ccc2OCC1Cc1cccnc1. The third-order valence-electron chi connectivity index (χ3n) is 4.18. The molecule has 116 valence electrons. The van der Waals surface area contributed by atoms with Gasteiger partial charge in [0.25, 0.3) is 0 Å². The molecule has 0 aliphatic carbocycles. The van der Waals surface area contributed by atoms with Crippen molar-refractivity contribution in [2.24, 2.45) is 5.92 Å². The van der Waals surface area contributed by atoms with E-state index in [1.54, 1.807) is 6.20 Å². The van der Waals surface area contributed by atoms with E-state index in [0.717, 1.165) is 34.6 Å². The largest absolute Gasteiger partial charge is 0.493 e. The summed E-state index contributed by atoms with van der Waals surface area (Å²) >= 11 is 1.42. The minimum Gasteiger partial charge on any atom is -0.493 e. The van der Waals surface area contributed by atoms with Gasteiger partial charge in [-0.3, -0.25) is 4.98 Å². The Hall–Kier alpha value is -2.24. The summed E-state index contributed by atoms with van der Waals surface area (Å²) in [5.74, 6) is 0.788. The fraction of sp³-hybridized carbons (Fsp3) is 0.222. The number of nitrogens with zero attached hydrogens (tertiary/aromatic N) is 2. The lowest BCUT2D eigenvalue weighted by atomic mass is 9.87. The van der Waals surface area contributed by atoms with Crippen LogP contribution in [-0.2, 0) is 6.42 Å². The molecule has 0 fully saturated rings. The molecule has 5 heteroatoms. The first-order valence-electron chi connectivity index (χ1n) is 7.56. The highest BCUT2D eigenvalue weighted by atomic mass is 32.1. The van der Waals surface area contributed by atoms with Crippen molar-refractivity contribution in [1.29, 1.82) is 0 Å². The Morgan fingerprint density at radius 2 is 2.22 bits per heavy atom. The first-order valence-corrected chi connectivity index (χ1v) is 8.39. The molecule has 1 aliphatic rings. The van der Waals surface area contributed by atoms with Crippen LogP contribution < -0.4 is 4.74 Å². The van der Waals surface area contributed by atoms with Crippen LogP contribution in [0.1, 0.15) is 17.2 Å². The third kappa shape index (κ3) is 2.85. The van der Waals surface area contributed by atoms with Crippen molar-refractivity contribution in [3.8, 4) is 17.0 Å². The van der Waals surface area contributed by atoms with Crippen molar-refractivity contribution in [3.05, 3.63) is 65.3 Å². The van der Waals surface area contributed by atoms with Gasteiger partial charge in [-0.15, -0.1) is 0 Å². The summed E-state index contributed by atoms with van der Waals surface area (Å²) in [6.07, 6.45) is 3.80. The first-order chi connectivity index (χ1) is 11.3. The van der Waals surface area contributed by atoms with Crippen molar-refractivity contribution in [1.82, 2.24) is 9.36 Å². The summed E-state index contributed by atoms with van der Waals surface area (Å²) in [7, 11) is 0. The normalized spacial score (nSPS) is 19.9. The molecule has 2 aromatic heterocycles. The number of fused-ring (bicyclic) bond motifs is 1. The second-order valence-corrected chi connectivity index (χ2v) is 6.38. The van der Waals surface area contributed by atoms with Gasteiger partial charge in [-0.05, 0) is 53.8 Å². The van der Waals surface area contributed by atoms with Gasteiger partial charge >= 0.3 is 0 Å². The van der Waals surface area contributed by atoms with Crippen LogP contribution in [-0.4, -0.2) is 21.1 Å². The summed E-state index contributed by atoms with van der Waals surface area (Å²) < 4.78 is 10.2. The van der Waals surface area contributed by atoms with E-state index in [4.69, 9.17) is 4.74 Å². The standard InChI is InChI=1S/C18H16N2O2S/c21-18-14(8-12-2-1-6-19-10-12)11-22-17-4-3-13(9-15(17)18)16-5-7-23-20-16/h1-7,9-10,14,18,21H,8,11H2. The van der Waals surface area contributed by atoms with Crippen molar-refractivity contribution in [3.63, 3.8) is 0 Å². The number of aliphatic hydroxyl groups is 1. The van der Waals surface area contributed by atoms with Gasteiger partial charge in [-0.25, -0.2) is 0 Å². The smallest absolute Gasteiger partial charge is 0.125 e. The average Bonchev–Trinajstić information content (AvgIpc) is 3.13. The van der Waals surface area contributed by atoms with Crippen LogP contribution in [0, 0.1) is 5.92 Å². The molecule has 2 unspecified atom stereocenters. The molecule has 0 spiro atoms. The molecule has 0 radical (unpaired) electrons. The van der Waals surface area contributed by atoms with Gasteiger partial charge in [0.2, 0.25) is 0 Å². The van der Waals surface area contributed by atoms with Crippen LogP contribution in [0.15, 0.2) is 54.2 Å². The van der Waals surface area contributed by atoms with Crippen molar-refractivity contribution in [2.45, 2.75) is 12.5 Å². The number of hydrogen-bond acceptors (Lipinski definition) is 5. The molecule has 0 amide bonds. The molecule has 1 N–H and O–H groups in total. The molecule has 0 bridgehead atoms. The van der Waals surface area contributed by atoms with Gasteiger partial charge in [0.1, 0.15) is 5.75 Å². The van der Waals surface area contributed by atoms with Gasteiger partial charge in [-0.1, -0.05) is 6.07 Å². The van der Waals surface area contributed by atoms with Crippen molar-refractivity contribution in [2.75, 3.05) is 6.61 Å². The van der Waals surface area contributed by atoms with Crippen LogP contribution in [0.4, 0.5) is 0 Å². The minimum absolute atomic E-state index is 0.0254. The average molecular weight is 324 g/mol. The molecule has 1 aromatic carbocycles. The monoisotopic (exact) mass is 324 g/mol. The zero-order valence-corrected chi connectivity index (χ0v) is 13.2. The zero-order chi connectivity index (χ0) is 15.6. The van der Waals surface area contributed by atoms with E-state index in [1.807, 2.05) is 48.0 Å². The fourth-order valence-electron chi connectivity index (χ4n) is 2.97. The molecule has 0 saturated carbocycles. The Morgan fingerprint density at radius 3 is 3.00 bits per heavy atom. The lowest BCUT2D eigenvalue weighted by molar-refractivity contribution is 0.0508. The Kier molecular flexibility index (Phi) is 3.81. The quantitative estimate of drug-likeness (QED) is 0.801. The number of aromatic nitrogens is 2. The highest BCUT2D eigenvalue weighted by Gasteiger charge is 2.30. The third-order valence-corrected chi connectivity index (χ3v) is 4.74. The maximum absolute atomic E-state index is 10.8. The second-order valence-electron chi connectivity index (χ2n) is 5.72. The summed E-state index contributed by atoms with van der Waals surface area (Å²) in [4.78, 5) is 4.14. The number of benzene rings is 1. The van der Waals surface area contributed by atoms with E-state index < -0.39 is 6.10 Å². The highest BCUT2D eigenvalue weighted by Crippen LogP contribution is 2.39. The summed E-state index contributed by atoms with van der Waals surface area (Å²) in [6.45, 7) is 0.513. The lowest BCUT2D eigenvalue weighted by Crippen LogP contribution is -2.27. The predicted molar refractivity (Wildman–Crippen MR) is 89.4 cm³/mol. The Morgan fingerprint density at radius 1 is 1.26 bits per heavy atom. The van der Waals surface area contributed by atoms with Crippen LogP contribution >= 0.6 is 11.5 Å². The molecular weight excluding hydrogens is 308 g/mol. The van der Waals surface area contributed by atoms with E-state index in [-0.39, 0.29) is 5.92 Å². The summed E-state index contributed by atoms with van der Waals surface area (Å²) in [5, 5.41) is 12.7. The Balaban J connectivity index is 1.62. The highest BCUT2D eigenvalue weighted by molar-refractivity contribution is 7.03.